The van der Waals surface area contributed by atoms with E-state index in [1.165, 1.54) is 0 Å². The summed E-state index contributed by atoms with van der Waals surface area (Å²) < 4.78 is 7.61. The van der Waals surface area contributed by atoms with Gasteiger partial charge in [0, 0.05) is 55.2 Å². The van der Waals surface area contributed by atoms with Crippen LogP contribution in [0, 0.1) is 0 Å². The summed E-state index contributed by atoms with van der Waals surface area (Å²) in [7, 11) is 5.33. The summed E-state index contributed by atoms with van der Waals surface area (Å²) >= 11 is 0. The number of aromatic nitrogens is 1. The summed E-state index contributed by atoms with van der Waals surface area (Å²) in [6.45, 7) is 6.77. The number of ketones is 1. The molecule has 2 heterocycles. The molecular formula is C25H28BN2O3+. The molecular weight excluding hydrogens is 387 g/mol. The second-order valence-corrected chi connectivity index (χ2v) is 7.43. The van der Waals surface area contributed by atoms with Gasteiger partial charge in [-0.1, -0.05) is 6.08 Å². The molecule has 0 amide bonds. The lowest BCUT2D eigenvalue weighted by molar-refractivity contribution is -0.697. The summed E-state index contributed by atoms with van der Waals surface area (Å²) in [6, 6.07) is 11.8. The Morgan fingerprint density at radius 2 is 1.84 bits per heavy atom. The van der Waals surface area contributed by atoms with Crippen molar-refractivity contribution in [1.82, 2.24) is 0 Å². The summed E-state index contributed by atoms with van der Waals surface area (Å²) in [4.78, 5) is 25.9. The number of fused-ring (bicyclic) bond motifs is 1. The van der Waals surface area contributed by atoms with Gasteiger partial charge < -0.3 is 14.1 Å². The van der Waals surface area contributed by atoms with E-state index in [1.807, 2.05) is 53.4 Å². The van der Waals surface area contributed by atoms with Crippen LogP contribution in [0.1, 0.15) is 37.8 Å². The van der Waals surface area contributed by atoms with Crippen molar-refractivity contribution in [2.24, 2.45) is 0 Å². The van der Waals surface area contributed by atoms with Crippen molar-refractivity contribution in [3.8, 4) is 0 Å². The number of hydrogen-bond acceptors (Lipinski definition) is 4. The van der Waals surface area contributed by atoms with Crippen LogP contribution in [0.25, 0.3) is 23.1 Å². The van der Waals surface area contributed by atoms with Crippen LogP contribution >= 0.6 is 0 Å². The number of pyridine rings is 1. The zero-order chi connectivity index (χ0) is 22.2. The van der Waals surface area contributed by atoms with Crippen molar-refractivity contribution in [3.63, 3.8) is 0 Å². The number of carbonyl (C=O) groups is 1. The van der Waals surface area contributed by atoms with Crippen LogP contribution in [-0.4, -0.2) is 26.7 Å². The average molecular weight is 415 g/mol. The molecule has 3 aromatic rings. The summed E-state index contributed by atoms with van der Waals surface area (Å²) in [5.41, 5.74) is 2.79. The number of hydrogen-bond donors (Lipinski definition) is 0. The Kier molecular flexibility index (Phi) is 7.82. The number of anilines is 1. The van der Waals surface area contributed by atoms with Gasteiger partial charge in [-0.15, -0.1) is 0 Å². The van der Waals surface area contributed by atoms with Gasteiger partial charge in [0.1, 0.15) is 17.9 Å². The number of benzene rings is 1. The Hall–Kier alpha value is -3.15. The number of nitrogens with zero attached hydrogens (tertiary/aromatic N) is 2. The molecule has 2 radical (unpaired) electrons. The molecule has 0 aliphatic carbocycles. The largest absolute Gasteiger partial charge is 0.422 e. The molecule has 0 fully saturated rings. The number of carbonyl (C=O) groups excluding carboxylic acids is 1. The minimum absolute atomic E-state index is 0.0821. The van der Waals surface area contributed by atoms with Crippen LogP contribution in [0.5, 0.6) is 0 Å². The molecule has 6 heteroatoms. The minimum atomic E-state index is -0.351. The predicted octanol–water partition coefficient (Wildman–Crippen LogP) is 4.03. The fourth-order valence-corrected chi connectivity index (χ4v) is 3.49. The van der Waals surface area contributed by atoms with Crippen LogP contribution in [0.15, 0.2) is 58.0 Å². The first-order valence-electron chi connectivity index (χ1n) is 10.8. The Morgan fingerprint density at radius 3 is 2.52 bits per heavy atom. The van der Waals surface area contributed by atoms with E-state index in [0.717, 1.165) is 42.7 Å². The van der Waals surface area contributed by atoms with E-state index in [-0.39, 0.29) is 17.7 Å². The number of rotatable bonds is 10. The van der Waals surface area contributed by atoms with Gasteiger partial charge in [0.25, 0.3) is 0 Å². The molecule has 3 rings (SSSR count). The molecule has 0 aliphatic rings. The number of aryl methyl sites for hydroxylation is 1. The predicted molar refractivity (Wildman–Crippen MR) is 126 cm³/mol. The van der Waals surface area contributed by atoms with E-state index < -0.39 is 0 Å². The highest BCUT2D eigenvalue weighted by Gasteiger charge is 2.08. The van der Waals surface area contributed by atoms with E-state index in [1.54, 1.807) is 6.08 Å². The SMILES string of the molecule is [B]CC(=O)CCC[n+]1ccc(/C=C/c2cc3ccc(N(CC)CC)cc3oc2=O)cc1. The Labute approximate surface area is 184 Å². The molecule has 0 bridgehead atoms. The normalized spacial score (nSPS) is 11.3. The smallest absolute Gasteiger partial charge is 0.343 e. The van der Waals surface area contributed by atoms with Crippen molar-refractivity contribution in [1.29, 1.82) is 0 Å². The van der Waals surface area contributed by atoms with E-state index in [4.69, 9.17) is 12.3 Å². The van der Waals surface area contributed by atoms with Crippen molar-refractivity contribution in [3.05, 3.63) is 70.3 Å². The van der Waals surface area contributed by atoms with Crippen LogP contribution in [-0.2, 0) is 11.3 Å². The van der Waals surface area contributed by atoms with Crippen LogP contribution in [0.3, 0.4) is 0 Å². The third-order valence-corrected chi connectivity index (χ3v) is 5.35. The standard InChI is InChI=1S/C25H28BN2O3/c1-3-28(4-2)22-10-9-20-16-21(25(30)31-24(20)17-22)8-7-19-11-14-27(15-12-19)13-5-6-23(29)18-26/h7-12,14-17H,3-6,13,18H2,1-2H3/q+1. The van der Waals surface area contributed by atoms with Gasteiger partial charge in [-0.05, 0) is 50.0 Å². The number of Topliss-reactive ketones (excluding diaryl/α,β-unsaturated/α-hetero) is 1. The molecule has 1 aromatic carbocycles. The fraction of sp³-hybridized carbons (Fsp3) is 0.320. The topological polar surface area (TPSA) is 54.4 Å². The zero-order valence-electron chi connectivity index (χ0n) is 18.2. The molecule has 0 spiro atoms. The second-order valence-electron chi connectivity index (χ2n) is 7.43. The molecule has 2 aromatic heterocycles. The maximum Gasteiger partial charge on any atom is 0.343 e. The van der Waals surface area contributed by atoms with Gasteiger partial charge in [0.15, 0.2) is 12.4 Å². The van der Waals surface area contributed by atoms with Crippen LogP contribution < -0.4 is 15.1 Å². The molecule has 5 nitrogen and oxygen atoms in total. The Balaban J connectivity index is 1.72. The van der Waals surface area contributed by atoms with Gasteiger partial charge in [-0.2, -0.15) is 0 Å². The lowest BCUT2D eigenvalue weighted by Gasteiger charge is -2.20. The average Bonchev–Trinajstić information content (AvgIpc) is 2.79. The van der Waals surface area contributed by atoms with Crippen molar-refractivity contribution < 1.29 is 13.8 Å². The van der Waals surface area contributed by atoms with Crippen LogP contribution in [0.4, 0.5) is 5.69 Å². The maximum absolute atomic E-state index is 12.5. The molecule has 0 unspecified atom stereocenters. The van der Waals surface area contributed by atoms with Gasteiger partial charge in [-0.3, -0.25) is 0 Å². The quantitative estimate of drug-likeness (QED) is 0.285. The van der Waals surface area contributed by atoms with Crippen molar-refractivity contribution in [2.45, 2.75) is 39.6 Å². The summed E-state index contributed by atoms with van der Waals surface area (Å²) in [5.74, 6) is 0.0821. The zero-order valence-corrected chi connectivity index (χ0v) is 18.2. The van der Waals surface area contributed by atoms with Gasteiger partial charge in [0.2, 0.25) is 0 Å². The summed E-state index contributed by atoms with van der Waals surface area (Å²) in [5, 5.41) is 0.896. The first-order valence-corrected chi connectivity index (χ1v) is 10.8. The minimum Gasteiger partial charge on any atom is -0.422 e. The van der Waals surface area contributed by atoms with E-state index in [0.29, 0.717) is 17.6 Å². The highest BCUT2D eigenvalue weighted by molar-refractivity contribution is 6.20. The lowest BCUT2D eigenvalue weighted by atomic mass is 9.98. The van der Waals surface area contributed by atoms with Crippen molar-refractivity contribution >= 4 is 42.4 Å². The molecule has 158 valence electrons. The lowest BCUT2D eigenvalue weighted by Crippen LogP contribution is -2.32. The fourth-order valence-electron chi connectivity index (χ4n) is 3.49. The molecule has 0 aliphatic heterocycles. The molecule has 0 N–H and O–H groups in total. The monoisotopic (exact) mass is 415 g/mol. The van der Waals surface area contributed by atoms with Crippen LogP contribution in [0.2, 0.25) is 6.32 Å². The van der Waals surface area contributed by atoms with Gasteiger partial charge in [-0.25, -0.2) is 9.36 Å². The Bertz CT molecular complexity index is 1120. The van der Waals surface area contributed by atoms with E-state index in [2.05, 4.69) is 24.8 Å². The van der Waals surface area contributed by atoms with Gasteiger partial charge >= 0.3 is 5.63 Å². The molecule has 31 heavy (non-hydrogen) atoms. The van der Waals surface area contributed by atoms with Gasteiger partial charge in [0.05, 0.1) is 13.4 Å². The Morgan fingerprint density at radius 1 is 1.10 bits per heavy atom. The maximum atomic E-state index is 12.5. The third kappa shape index (κ3) is 5.94. The highest BCUT2D eigenvalue weighted by Crippen LogP contribution is 2.22. The first kappa shape index (κ1) is 22.5. The van der Waals surface area contributed by atoms with Crippen molar-refractivity contribution in [2.75, 3.05) is 18.0 Å². The third-order valence-electron chi connectivity index (χ3n) is 5.35. The van der Waals surface area contributed by atoms with E-state index in [9.17, 15) is 9.59 Å². The first-order chi connectivity index (χ1) is 15.0. The van der Waals surface area contributed by atoms with E-state index >= 15 is 0 Å². The molecule has 0 atom stereocenters. The summed E-state index contributed by atoms with van der Waals surface area (Å²) in [6.07, 6.45) is 8.97. The molecule has 0 saturated heterocycles. The highest BCUT2D eigenvalue weighted by atomic mass is 16.4. The second kappa shape index (κ2) is 10.8. The molecule has 0 saturated carbocycles.